The molecule has 2 aromatic rings. The van der Waals surface area contributed by atoms with Gasteiger partial charge in [-0.25, -0.2) is 0 Å². The molecular formula is C29H38I2N2O2. The summed E-state index contributed by atoms with van der Waals surface area (Å²) in [6.07, 6.45) is 8.11. The van der Waals surface area contributed by atoms with Crippen LogP contribution in [0.25, 0.3) is 0 Å². The van der Waals surface area contributed by atoms with E-state index in [0.717, 1.165) is 62.2 Å². The van der Waals surface area contributed by atoms with Gasteiger partial charge in [-0.15, -0.1) is 0 Å². The predicted molar refractivity (Wildman–Crippen MR) is 159 cm³/mol. The number of phenols is 2. The van der Waals surface area contributed by atoms with E-state index in [2.05, 4.69) is 94.2 Å². The van der Waals surface area contributed by atoms with E-state index in [1.807, 2.05) is 6.07 Å². The molecule has 0 aliphatic heterocycles. The van der Waals surface area contributed by atoms with E-state index in [0.29, 0.717) is 11.5 Å². The highest BCUT2D eigenvalue weighted by atomic mass is 127. The first-order chi connectivity index (χ1) is 16.6. The molecule has 0 amide bonds. The lowest BCUT2D eigenvalue weighted by molar-refractivity contribution is -0.00624. The van der Waals surface area contributed by atoms with Gasteiger partial charge in [0.05, 0.1) is 3.57 Å². The third-order valence-corrected chi connectivity index (χ3v) is 10.2. The van der Waals surface area contributed by atoms with Gasteiger partial charge >= 0.3 is 0 Å². The van der Waals surface area contributed by atoms with Gasteiger partial charge in [-0.2, -0.15) is 0 Å². The molecule has 4 bridgehead atoms. The third kappa shape index (κ3) is 5.50. The Hall–Kier alpha value is -0.580. The molecule has 4 aliphatic carbocycles. The first-order valence-electron chi connectivity index (χ1n) is 13.0. The van der Waals surface area contributed by atoms with E-state index in [-0.39, 0.29) is 5.41 Å². The van der Waals surface area contributed by atoms with Gasteiger partial charge in [0.2, 0.25) is 0 Å². The molecule has 0 heterocycles. The molecule has 4 aliphatic rings. The lowest BCUT2D eigenvalue weighted by Gasteiger charge is -2.57. The standard InChI is InChI=1S/C29H38I2N2O2/c1-18-6-22(16-32(2)4-5-33(3)17-23-11-24(30)12-26(31)28(23)35)27(34)25(7-18)29-13-19-8-20(14-29)10-21(9-19)15-29/h6-7,11-12,19-21,34-35H,4-5,8-10,13-17H2,1-3H3. The van der Waals surface area contributed by atoms with Crippen molar-refractivity contribution in [2.45, 2.75) is 64.0 Å². The Balaban J connectivity index is 1.25. The molecule has 6 rings (SSSR count). The van der Waals surface area contributed by atoms with Crippen LogP contribution in [-0.4, -0.2) is 47.2 Å². The van der Waals surface area contributed by atoms with Gasteiger partial charge in [-0.1, -0.05) is 17.7 Å². The predicted octanol–water partition coefficient (Wildman–Crippen LogP) is 6.65. The smallest absolute Gasteiger partial charge is 0.133 e. The van der Waals surface area contributed by atoms with Crippen LogP contribution < -0.4 is 0 Å². The van der Waals surface area contributed by atoms with Crippen molar-refractivity contribution in [3.05, 3.63) is 53.7 Å². The number of nitrogens with zero attached hydrogens (tertiary/aromatic N) is 2. The van der Waals surface area contributed by atoms with E-state index >= 15 is 0 Å². The minimum Gasteiger partial charge on any atom is -0.507 e. The fourth-order valence-electron chi connectivity index (χ4n) is 7.64. The number of hydrogen-bond acceptors (Lipinski definition) is 4. The average Bonchev–Trinajstić information content (AvgIpc) is 2.77. The van der Waals surface area contributed by atoms with Crippen LogP contribution in [0.15, 0.2) is 24.3 Å². The van der Waals surface area contributed by atoms with Gasteiger partial charge < -0.3 is 20.0 Å². The Morgan fingerprint density at radius 3 is 1.86 bits per heavy atom. The van der Waals surface area contributed by atoms with Crippen molar-refractivity contribution in [1.29, 1.82) is 0 Å². The zero-order valence-corrected chi connectivity index (χ0v) is 25.5. The Morgan fingerprint density at radius 2 is 1.31 bits per heavy atom. The van der Waals surface area contributed by atoms with Gasteiger partial charge in [0.1, 0.15) is 11.5 Å². The quantitative estimate of drug-likeness (QED) is 0.303. The fourth-order valence-corrected chi connectivity index (χ4v) is 9.61. The molecule has 6 heteroatoms. The second-order valence-corrected chi connectivity index (χ2v) is 14.3. The summed E-state index contributed by atoms with van der Waals surface area (Å²) in [5, 5.41) is 21.9. The van der Waals surface area contributed by atoms with Crippen LogP contribution in [0.3, 0.4) is 0 Å². The van der Waals surface area contributed by atoms with E-state index in [4.69, 9.17) is 0 Å². The number of rotatable bonds is 8. The van der Waals surface area contributed by atoms with Crippen LogP contribution in [-0.2, 0) is 18.5 Å². The second-order valence-electron chi connectivity index (χ2n) is 11.9. The fraction of sp³-hybridized carbons (Fsp3) is 0.586. The second kappa shape index (κ2) is 10.3. The lowest BCUT2D eigenvalue weighted by Crippen LogP contribution is -2.48. The molecule has 35 heavy (non-hydrogen) atoms. The van der Waals surface area contributed by atoms with Crippen molar-refractivity contribution in [3.63, 3.8) is 0 Å². The molecule has 4 nitrogen and oxygen atoms in total. The average molecular weight is 700 g/mol. The van der Waals surface area contributed by atoms with Crippen molar-refractivity contribution >= 4 is 45.2 Å². The molecule has 4 saturated carbocycles. The maximum atomic E-state index is 11.5. The van der Waals surface area contributed by atoms with Crippen molar-refractivity contribution in [2.75, 3.05) is 27.2 Å². The molecule has 190 valence electrons. The molecule has 0 spiro atoms. The molecule has 0 unspecified atom stereocenters. The van der Waals surface area contributed by atoms with Crippen LogP contribution in [0.2, 0.25) is 0 Å². The van der Waals surface area contributed by atoms with Gasteiger partial charge in [-0.3, -0.25) is 0 Å². The summed E-state index contributed by atoms with van der Waals surface area (Å²) in [4.78, 5) is 4.57. The lowest BCUT2D eigenvalue weighted by atomic mass is 9.48. The molecular weight excluding hydrogens is 662 g/mol. The normalized spacial score (nSPS) is 27.3. The minimum atomic E-state index is 0.213. The summed E-state index contributed by atoms with van der Waals surface area (Å²) >= 11 is 4.51. The van der Waals surface area contributed by atoms with Gasteiger partial charge in [0, 0.05) is 46.4 Å². The molecule has 0 aromatic heterocycles. The van der Waals surface area contributed by atoms with E-state index in [9.17, 15) is 10.2 Å². The van der Waals surface area contributed by atoms with Crippen LogP contribution in [0.4, 0.5) is 0 Å². The summed E-state index contributed by atoms with van der Waals surface area (Å²) in [7, 11) is 4.25. The maximum absolute atomic E-state index is 11.5. The number of phenolic OH excluding ortho intramolecular Hbond substituents is 2. The number of hydrogen-bond donors (Lipinski definition) is 2. The monoisotopic (exact) mass is 700 g/mol. The van der Waals surface area contributed by atoms with Gasteiger partial charge in [-0.05, 0) is 140 Å². The largest absolute Gasteiger partial charge is 0.507 e. The summed E-state index contributed by atoms with van der Waals surface area (Å²) < 4.78 is 2.05. The van der Waals surface area contributed by atoms with Crippen molar-refractivity contribution < 1.29 is 10.2 Å². The van der Waals surface area contributed by atoms with Gasteiger partial charge in [0.25, 0.3) is 0 Å². The maximum Gasteiger partial charge on any atom is 0.133 e. The number of likely N-dealkylation sites (N-methyl/N-ethyl adjacent to an activating group) is 2. The number of benzene rings is 2. The first-order valence-corrected chi connectivity index (χ1v) is 15.1. The number of aryl methyl sites for hydroxylation is 1. The number of halogens is 2. The van der Waals surface area contributed by atoms with Gasteiger partial charge in [0.15, 0.2) is 0 Å². The van der Waals surface area contributed by atoms with Crippen molar-refractivity contribution in [2.24, 2.45) is 17.8 Å². The van der Waals surface area contributed by atoms with Crippen LogP contribution >= 0.6 is 45.2 Å². The molecule has 4 fully saturated rings. The summed E-state index contributed by atoms with van der Waals surface area (Å²) in [6, 6.07) is 8.55. The van der Waals surface area contributed by atoms with Crippen LogP contribution in [0.5, 0.6) is 11.5 Å². The third-order valence-electron chi connectivity index (χ3n) is 8.79. The SMILES string of the molecule is Cc1cc(CN(C)CCN(C)Cc2cc(I)cc(I)c2O)c(O)c(C23CC4CC(CC(C4)C2)C3)c1. The van der Waals surface area contributed by atoms with E-state index in [1.165, 1.54) is 49.7 Å². The molecule has 0 radical (unpaired) electrons. The molecule has 0 saturated heterocycles. The summed E-state index contributed by atoms with van der Waals surface area (Å²) in [5.74, 6) is 3.58. The molecule has 0 atom stereocenters. The van der Waals surface area contributed by atoms with E-state index < -0.39 is 0 Å². The topological polar surface area (TPSA) is 46.9 Å². The van der Waals surface area contributed by atoms with Crippen molar-refractivity contribution in [3.8, 4) is 11.5 Å². The number of aromatic hydroxyl groups is 2. The van der Waals surface area contributed by atoms with Crippen LogP contribution in [0.1, 0.15) is 60.8 Å². The Labute approximate surface area is 237 Å². The Kier molecular flexibility index (Phi) is 7.66. The molecule has 2 aromatic carbocycles. The van der Waals surface area contributed by atoms with Crippen molar-refractivity contribution in [1.82, 2.24) is 9.80 Å². The first kappa shape index (κ1) is 26.0. The Bertz CT molecular complexity index is 1070. The van der Waals surface area contributed by atoms with Crippen LogP contribution in [0, 0.1) is 31.8 Å². The minimum absolute atomic E-state index is 0.213. The summed E-state index contributed by atoms with van der Waals surface area (Å²) in [5.41, 5.74) is 4.79. The van der Waals surface area contributed by atoms with E-state index in [1.54, 1.807) is 0 Å². The highest BCUT2D eigenvalue weighted by molar-refractivity contribution is 14.1. The highest BCUT2D eigenvalue weighted by Gasteiger charge is 2.52. The summed E-state index contributed by atoms with van der Waals surface area (Å²) in [6.45, 7) is 5.46. The zero-order valence-electron chi connectivity index (χ0n) is 21.2. The zero-order chi connectivity index (χ0) is 24.9. The highest BCUT2D eigenvalue weighted by Crippen LogP contribution is 2.62. The molecule has 2 N–H and O–H groups in total. The Morgan fingerprint density at radius 1 is 0.800 bits per heavy atom.